The summed E-state index contributed by atoms with van der Waals surface area (Å²) in [6, 6.07) is 11.1. The quantitative estimate of drug-likeness (QED) is 0.883. The van der Waals surface area contributed by atoms with Crippen LogP contribution in [-0.4, -0.2) is 7.11 Å². The highest BCUT2D eigenvalue weighted by atomic mass is 35.5. The van der Waals surface area contributed by atoms with Gasteiger partial charge in [-0.25, -0.2) is 0 Å². The van der Waals surface area contributed by atoms with Gasteiger partial charge in [0.15, 0.2) is 0 Å². The summed E-state index contributed by atoms with van der Waals surface area (Å²) in [5.74, 6) is 1.56. The molecule has 0 bridgehead atoms. The predicted octanol–water partition coefficient (Wildman–Crippen LogP) is 4.53. The van der Waals surface area contributed by atoms with Gasteiger partial charge in [-0.15, -0.1) is 0 Å². The van der Waals surface area contributed by atoms with Gasteiger partial charge in [0.1, 0.15) is 17.6 Å². The zero-order valence-corrected chi connectivity index (χ0v) is 13.0. The van der Waals surface area contributed by atoms with Crippen LogP contribution < -0.4 is 15.2 Å². The Balaban J connectivity index is 1.92. The van der Waals surface area contributed by atoms with Gasteiger partial charge in [-0.3, -0.25) is 0 Å². The Hall–Kier alpha value is -1.42. The molecule has 2 aromatic carbocycles. The number of hydrogen-bond donors (Lipinski definition) is 1. The molecule has 2 unspecified atom stereocenters. The van der Waals surface area contributed by atoms with E-state index in [-0.39, 0.29) is 12.1 Å². The van der Waals surface area contributed by atoms with E-state index < -0.39 is 0 Å². The number of nitrogens with two attached hydrogens (primary N) is 1. The van der Waals surface area contributed by atoms with Crippen LogP contribution in [0.5, 0.6) is 11.5 Å². The predicted molar refractivity (Wildman–Crippen MR) is 84.4 cm³/mol. The molecule has 110 valence electrons. The fraction of sp³-hybridized carbons (Fsp3) is 0.250. The van der Waals surface area contributed by atoms with Crippen molar-refractivity contribution in [3.8, 4) is 11.5 Å². The van der Waals surface area contributed by atoms with Crippen molar-refractivity contribution < 1.29 is 9.47 Å². The van der Waals surface area contributed by atoms with Crippen LogP contribution in [0.2, 0.25) is 10.0 Å². The number of fused-ring (bicyclic) bond motifs is 1. The van der Waals surface area contributed by atoms with Gasteiger partial charge in [0.2, 0.25) is 0 Å². The zero-order chi connectivity index (χ0) is 15.0. The zero-order valence-electron chi connectivity index (χ0n) is 11.5. The molecule has 2 aromatic rings. The molecular weight excluding hydrogens is 309 g/mol. The normalized spacial score (nSPS) is 20.6. The van der Waals surface area contributed by atoms with Crippen molar-refractivity contribution >= 4 is 23.2 Å². The molecule has 0 aliphatic carbocycles. The molecule has 0 fully saturated rings. The SMILES string of the molecule is COc1ccc2c(c1)C(N)CC(c1ccc(Cl)c(Cl)c1)O2. The first-order valence-electron chi connectivity index (χ1n) is 6.63. The summed E-state index contributed by atoms with van der Waals surface area (Å²) in [5.41, 5.74) is 8.21. The third-order valence-electron chi connectivity index (χ3n) is 3.67. The lowest BCUT2D eigenvalue weighted by Gasteiger charge is -2.31. The molecule has 5 heteroatoms. The molecule has 3 nitrogen and oxygen atoms in total. The van der Waals surface area contributed by atoms with Crippen LogP contribution in [0.3, 0.4) is 0 Å². The van der Waals surface area contributed by atoms with Crippen molar-refractivity contribution in [2.45, 2.75) is 18.6 Å². The van der Waals surface area contributed by atoms with Crippen molar-refractivity contribution in [1.29, 1.82) is 0 Å². The molecule has 3 rings (SSSR count). The van der Waals surface area contributed by atoms with Crippen molar-refractivity contribution in [3.63, 3.8) is 0 Å². The smallest absolute Gasteiger partial charge is 0.126 e. The molecule has 2 atom stereocenters. The number of ether oxygens (including phenoxy) is 2. The molecule has 2 N–H and O–H groups in total. The van der Waals surface area contributed by atoms with Gasteiger partial charge in [0.25, 0.3) is 0 Å². The minimum atomic E-state index is -0.129. The standard InChI is InChI=1S/C16H15Cl2NO2/c1-20-10-3-5-15-11(7-10)14(19)8-16(21-15)9-2-4-12(17)13(18)6-9/h2-7,14,16H,8,19H2,1H3. The lowest BCUT2D eigenvalue weighted by atomic mass is 9.93. The van der Waals surface area contributed by atoms with E-state index in [1.54, 1.807) is 13.2 Å². The van der Waals surface area contributed by atoms with Gasteiger partial charge in [-0.05, 0) is 35.9 Å². The minimum Gasteiger partial charge on any atom is -0.497 e. The summed E-state index contributed by atoms with van der Waals surface area (Å²) < 4.78 is 11.3. The highest BCUT2D eigenvalue weighted by Gasteiger charge is 2.27. The van der Waals surface area contributed by atoms with Crippen molar-refractivity contribution in [3.05, 3.63) is 57.6 Å². The van der Waals surface area contributed by atoms with E-state index in [9.17, 15) is 0 Å². The van der Waals surface area contributed by atoms with Gasteiger partial charge in [0.05, 0.1) is 17.2 Å². The molecule has 1 aliphatic heterocycles. The molecule has 1 heterocycles. The third-order valence-corrected chi connectivity index (χ3v) is 4.41. The molecule has 0 saturated heterocycles. The average molecular weight is 324 g/mol. The maximum atomic E-state index is 6.27. The summed E-state index contributed by atoms with van der Waals surface area (Å²) in [6.07, 6.45) is 0.550. The van der Waals surface area contributed by atoms with E-state index >= 15 is 0 Å². The second-order valence-corrected chi connectivity index (χ2v) is 5.84. The first kappa shape index (κ1) is 14.5. The highest BCUT2D eigenvalue weighted by molar-refractivity contribution is 6.42. The maximum Gasteiger partial charge on any atom is 0.126 e. The van der Waals surface area contributed by atoms with Crippen LogP contribution in [-0.2, 0) is 0 Å². The molecule has 0 radical (unpaired) electrons. The van der Waals surface area contributed by atoms with Gasteiger partial charge in [0, 0.05) is 18.0 Å². The van der Waals surface area contributed by atoms with E-state index in [1.165, 1.54) is 0 Å². The topological polar surface area (TPSA) is 44.5 Å². The second kappa shape index (κ2) is 5.76. The maximum absolute atomic E-state index is 6.27. The Morgan fingerprint density at radius 1 is 1.14 bits per heavy atom. The van der Waals surface area contributed by atoms with E-state index in [4.69, 9.17) is 38.4 Å². The summed E-state index contributed by atoms with van der Waals surface area (Å²) in [5, 5.41) is 1.05. The summed E-state index contributed by atoms with van der Waals surface area (Å²) in [6.45, 7) is 0. The molecule has 0 spiro atoms. The summed E-state index contributed by atoms with van der Waals surface area (Å²) >= 11 is 12.0. The minimum absolute atomic E-state index is 0.108. The van der Waals surface area contributed by atoms with Crippen LogP contribution >= 0.6 is 23.2 Å². The van der Waals surface area contributed by atoms with E-state index in [2.05, 4.69) is 0 Å². The third kappa shape index (κ3) is 2.82. The van der Waals surface area contributed by atoms with E-state index in [0.717, 1.165) is 22.6 Å². The first-order chi connectivity index (χ1) is 10.1. The second-order valence-electron chi connectivity index (χ2n) is 5.03. The Kier molecular flexibility index (Phi) is 3.98. The molecule has 0 saturated carbocycles. The first-order valence-corrected chi connectivity index (χ1v) is 7.39. The number of halogens is 2. The number of hydrogen-bond acceptors (Lipinski definition) is 3. The van der Waals surface area contributed by atoms with Crippen molar-refractivity contribution in [2.75, 3.05) is 7.11 Å². The molecule has 0 amide bonds. The summed E-state index contributed by atoms with van der Waals surface area (Å²) in [7, 11) is 1.63. The molecule has 21 heavy (non-hydrogen) atoms. The number of benzene rings is 2. The van der Waals surface area contributed by atoms with Crippen LogP contribution in [0.25, 0.3) is 0 Å². The lowest BCUT2D eigenvalue weighted by molar-refractivity contribution is 0.161. The van der Waals surface area contributed by atoms with Gasteiger partial charge >= 0.3 is 0 Å². The average Bonchev–Trinajstić information content (AvgIpc) is 2.49. The Bertz CT molecular complexity index is 675. The van der Waals surface area contributed by atoms with E-state index in [1.807, 2.05) is 30.3 Å². The van der Waals surface area contributed by atoms with Crippen molar-refractivity contribution in [1.82, 2.24) is 0 Å². The highest BCUT2D eigenvalue weighted by Crippen LogP contribution is 2.41. The molecular formula is C16H15Cl2NO2. The number of methoxy groups -OCH3 is 1. The Morgan fingerprint density at radius 2 is 1.95 bits per heavy atom. The fourth-order valence-corrected chi connectivity index (χ4v) is 2.83. The van der Waals surface area contributed by atoms with Crippen LogP contribution in [0.1, 0.15) is 29.7 Å². The van der Waals surface area contributed by atoms with Crippen LogP contribution in [0, 0.1) is 0 Å². The monoisotopic (exact) mass is 323 g/mol. The van der Waals surface area contributed by atoms with Crippen molar-refractivity contribution in [2.24, 2.45) is 5.73 Å². The summed E-state index contributed by atoms with van der Waals surface area (Å²) in [4.78, 5) is 0. The van der Waals surface area contributed by atoms with Gasteiger partial charge in [-0.1, -0.05) is 29.3 Å². The molecule has 1 aliphatic rings. The molecule has 0 aromatic heterocycles. The van der Waals surface area contributed by atoms with E-state index in [0.29, 0.717) is 16.5 Å². The van der Waals surface area contributed by atoms with Gasteiger partial charge < -0.3 is 15.2 Å². The van der Waals surface area contributed by atoms with Crippen LogP contribution in [0.15, 0.2) is 36.4 Å². The Morgan fingerprint density at radius 3 is 2.67 bits per heavy atom. The number of rotatable bonds is 2. The largest absolute Gasteiger partial charge is 0.497 e. The lowest BCUT2D eigenvalue weighted by Crippen LogP contribution is -2.24. The van der Waals surface area contributed by atoms with Crippen LogP contribution in [0.4, 0.5) is 0 Å². The van der Waals surface area contributed by atoms with Gasteiger partial charge in [-0.2, -0.15) is 0 Å². The fourth-order valence-electron chi connectivity index (χ4n) is 2.53. The Labute approximate surface area is 133 Å².